The highest BCUT2D eigenvalue weighted by molar-refractivity contribution is 6.07. The largest absolute Gasteiger partial charge is 0.338 e. The van der Waals surface area contributed by atoms with Gasteiger partial charge in [-0.25, -0.2) is 0 Å². The smallest absolute Gasteiger partial charge is 0.242 e. The SMILES string of the molecule is CC1CN(C(=O)CN2C(=O)C3CCCCC3C2=O)CCN1.Cl. The molecule has 3 unspecified atom stereocenters. The summed E-state index contributed by atoms with van der Waals surface area (Å²) in [6.45, 7) is 4.01. The van der Waals surface area contributed by atoms with Gasteiger partial charge in [0.2, 0.25) is 17.7 Å². The molecule has 0 aromatic rings. The molecule has 3 amide bonds. The molecule has 3 atom stereocenters. The summed E-state index contributed by atoms with van der Waals surface area (Å²) in [4.78, 5) is 40.0. The minimum absolute atomic E-state index is 0. The molecule has 7 heteroatoms. The predicted molar refractivity (Wildman–Crippen MR) is 83.5 cm³/mol. The Morgan fingerprint density at radius 1 is 1.18 bits per heavy atom. The van der Waals surface area contributed by atoms with Crippen LogP contribution in [0.3, 0.4) is 0 Å². The fraction of sp³-hybridized carbons (Fsp3) is 0.800. The molecule has 0 aromatic carbocycles. The second kappa shape index (κ2) is 6.96. The van der Waals surface area contributed by atoms with Crippen molar-refractivity contribution >= 4 is 30.1 Å². The number of nitrogens with zero attached hydrogens (tertiary/aromatic N) is 2. The molecule has 124 valence electrons. The lowest BCUT2D eigenvalue weighted by molar-refractivity contribution is -0.147. The Morgan fingerprint density at radius 3 is 2.32 bits per heavy atom. The minimum Gasteiger partial charge on any atom is -0.338 e. The van der Waals surface area contributed by atoms with Gasteiger partial charge in [0.25, 0.3) is 0 Å². The van der Waals surface area contributed by atoms with Crippen molar-refractivity contribution in [2.45, 2.75) is 38.6 Å². The fourth-order valence-corrected chi connectivity index (χ4v) is 3.78. The maximum absolute atomic E-state index is 12.4. The lowest BCUT2D eigenvalue weighted by atomic mass is 9.81. The number of rotatable bonds is 2. The van der Waals surface area contributed by atoms with E-state index >= 15 is 0 Å². The molecule has 2 saturated heterocycles. The summed E-state index contributed by atoms with van der Waals surface area (Å²) in [6.07, 6.45) is 3.61. The van der Waals surface area contributed by atoms with E-state index in [1.807, 2.05) is 6.92 Å². The zero-order valence-electron chi connectivity index (χ0n) is 12.9. The van der Waals surface area contributed by atoms with Gasteiger partial charge in [-0.3, -0.25) is 19.3 Å². The van der Waals surface area contributed by atoms with Crippen LogP contribution in [0.2, 0.25) is 0 Å². The lowest BCUT2D eigenvalue weighted by Gasteiger charge is -2.32. The van der Waals surface area contributed by atoms with Gasteiger partial charge in [0.05, 0.1) is 11.8 Å². The molecule has 0 spiro atoms. The van der Waals surface area contributed by atoms with Crippen LogP contribution in [-0.4, -0.2) is 59.7 Å². The Labute approximate surface area is 137 Å². The van der Waals surface area contributed by atoms with Crippen LogP contribution in [0.1, 0.15) is 32.6 Å². The third kappa shape index (κ3) is 3.13. The summed E-state index contributed by atoms with van der Waals surface area (Å²) < 4.78 is 0. The third-order valence-corrected chi connectivity index (χ3v) is 4.95. The van der Waals surface area contributed by atoms with Crippen LogP contribution < -0.4 is 5.32 Å². The zero-order valence-corrected chi connectivity index (χ0v) is 13.7. The van der Waals surface area contributed by atoms with Crippen molar-refractivity contribution in [2.75, 3.05) is 26.2 Å². The molecule has 3 rings (SSSR count). The Balaban J connectivity index is 0.00000176. The van der Waals surface area contributed by atoms with Crippen molar-refractivity contribution in [3.8, 4) is 0 Å². The van der Waals surface area contributed by atoms with Gasteiger partial charge >= 0.3 is 0 Å². The van der Waals surface area contributed by atoms with Crippen molar-refractivity contribution in [3.63, 3.8) is 0 Å². The summed E-state index contributed by atoms with van der Waals surface area (Å²) in [7, 11) is 0. The molecule has 0 aromatic heterocycles. The maximum Gasteiger partial charge on any atom is 0.242 e. The minimum atomic E-state index is -0.166. The van der Waals surface area contributed by atoms with Gasteiger partial charge in [-0.15, -0.1) is 12.4 Å². The normalized spacial score (nSPS) is 31.8. The van der Waals surface area contributed by atoms with Crippen LogP contribution in [-0.2, 0) is 14.4 Å². The number of likely N-dealkylation sites (tertiary alicyclic amines) is 1. The molecule has 2 heterocycles. The molecule has 3 fully saturated rings. The van der Waals surface area contributed by atoms with E-state index in [9.17, 15) is 14.4 Å². The van der Waals surface area contributed by atoms with Gasteiger partial charge in [0.1, 0.15) is 6.54 Å². The molecule has 1 aliphatic carbocycles. The highest BCUT2D eigenvalue weighted by Crippen LogP contribution is 2.37. The van der Waals surface area contributed by atoms with E-state index in [1.54, 1.807) is 4.90 Å². The van der Waals surface area contributed by atoms with E-state index in [2.05, 4.69) is 5.32 Å². The van der Waals surface area contributed by atoms with Crippen LogP contribution >= 0.6 is 12.4 Å². The Bertz CT molecular complexity index is 447. The van der Waals surface area contributed by atoms with Crippen LogP contribution in [0.15, 0.2) is 0 Å². The second-order valence-electron chi connectivity index (χ2n) is 6.45. The maximum atomic E-state index is 12.4. The van der Waals surface area contributed by atoms with Crippen molar-refractivity contribution in [1.29, 1.82) is 0 Å². The lowest BCUT2D eigenvalue weighted by Crippen LogP contribution is -2.54. The second-order valence-corrected chi connectivity index (χ2v) is 6.45. The topological polar surface area (TPSA) is 69.7 Å². The molecular weight excluding hydrogens is 306 g/mol. The van der Waals surface area contributed by atoms with E-state index in [0.717, 1.165) is 32.2 Å². The van der Waals surface area contributed by atoms with Crippen molar-refractivity contribution in [2.24, 2.45) is 11.8 Å². The Kier molecular flexibility index (Phi) is 5.45. The molecule has 2 aliphatic heterocycles. The van der Waals surface area contributed by atoms with Gasteiger partial charge in [0.15, 0.2) is 0 Å². The van der Waals surface area contributed by atoms with Crippen LogP contribution in [0.25, 0.3) is 0 Å². The van der Waals surface area contributed by atoms with Gasteiger partial charge < -0.3 is 10.2 Å². The first-order valence-corrected chi connectivity index (χ1v) is 7.94. The van der Waals surface area contributed by atoms with E-state index < -0.39 is 0 Å². The summed E-state index contributed by atoms with van der Waals surface area (Å²) in [6, 6.07) is 0.260. The Hall–Kier alpha value is -1.14. The molecule has 1 N–H and O–H groups in total. The average molecular weight is 330 g/mol. The first-order valence-electron chi connectivity index (χ1n) is 7.94. The number of carbonyl (C=O) groups is 3. The van der Waals surface area contributed by atoms with Crippen LogP contribution in [0.4, 0.5) is 0 Å². The number of hydrogen-bond donors (Lipinski definition) is 1. The van der Waals surface area contributed by atoms with Crippen molar-refractivity contribution < 1.29 is 14.4 Å². The van der Waals surface area contributed by atoms with Gasteiger partial charge in [-0.1, -0.05) is 12.8 Å². The fourth-order valence-electron chi connectivity index (χ4n) is 3.78. The number of imide groups is 1. The van der Waals surface area contributed by atoms with E-state index in [4.69, 9.17) is 0 Å². The number of hydrogen-bond acceptors (Lipinski definition) is 4. The summed E-state index contributed by atoms with van der Waals surface area (Å²) >= 11 is 0. The molecule has 6 nitrogen and oxygen atoms in total. The highest BCUT2D eigenvalue weighted by Gasteiger charge is 2.48. The first-order chi connectivity index (χ1) is 10.1. The third-order valence-electron chi connectivity index (χ3n) is 4.95. The quantitative estimate of drug-likeness (QED) is 0.745. The number of fused-ring (bicyclic) bond motifs is 1. The highest BCUT2D eigenvalue weighted by atomic mass is 35.5. The summed E-state index contributed by atoms with van der Waals surface area (Å²) in [5, 5.41) is 3.28. The standard InChI is InChI=1S/C15H23N3O3.ClH/c1-10-8-17(7-6-16-10)13(19)9-18-14(20)11-4-2-3-5-12(11)15(18)21;/h10-12,16H,2-9H2,1H3;1H. The van der Waals surface area contributed by atoms with Gasteiger partial charge in [-0.2, -0.15) is 0 Å². The number of halogens is 1. The number of carbonyl (C=O) groups excluding carboxylic acids is 3. The Morgan fingerprint density at radius 2 is 1.77 bits per heavy atom. The van der Waals surface area contributed by atoms with Crippen molar-refractivity contribution in [1.82, 2.24) is 15.1 Å². The number of piperazine rings is 1. The number of nitrogens with one attached hydrogen (secondary N) is 1. The zero-order chi connectivity index (χ0) is 15.0. The monoisotopic (exact) mass is 329 g/mol. The molecule has 0 bridgehead atoms. The summed E-state index contributed by atoms with van der Waals surface area (Å²) in [5.74, 6) is -0.687. The first kappa shape index (κ1) is 17.2. The van der Waals surface area contributed by atoms with Crippen molar-refractivity contribution in [3.05, 3.63) is 0 Å². The summed E-state index contributed by atoms with van der Waals surface area (Å²) in [5.41, 5.74) is 0. The predicted octanol–water partition coefficient (Wildman–Crippen LogP) is 0.404. The van der Waals surface area contributed by atoms with Gasteiger partial charge in [-0.05, 0) is 19.8 Å². The molecule has 1 saturated carbocycles. The number of amides is 3. The molecule has 0 radical (unpaired) electrons. The van der Waals surface area contributed by atoms with E-state index in [1.165, 1.54) is 4.90 Å². The average Bonchev–Trinajstić information content (AvgIpc) is 2.73. The molecule has 3 aliphatic rings. The van der Waals surface area contributed by atoms with Gasteiger partial charge in [0, 0.05) is 25.7 Å². The van der Waals surface area contributed by atoms with E-state index in [0.29, 0.717) is 13.1 Å². The molecule has 22 heavy (non-hydrogen) atoms. The molecular formula is C15H24ClN3O3. The van der Waals surface area contributed by atoms with Crippen LogP contribution in [0.5, 0.6) is 0 Å². The van der Waals surface area contributed by atoms with E-state index in [-0.39, 0.29) is 54.6 Å². The van der Waals surface area contributed by atoms with Crippen LogP contribution in [0, 0.1) is 11.8 Å².